The predicted octanol–water partition coefficient (Wildman–Crippen LogP) is 1.95. The van der Waals surface area contributed by atoms with Crippen LogP contribution in [0.1, 0.15) is 5.56 Å². The molecule has 0 fully saturated rings. The van der Waals surface area contributed by atoms with Crippen LogP contribution < -0.4 is 0 Å². The molecule has 6 heteroatoms. The molecule has 0 aliphatic heterocycles. The molecule has 0 atom stereocenters. The topological polar surface area (TPSA) is 33.1 Å². The third-order valence-electron chi connectivity index (χ3n) is 1.17. The minimum absolute atomic E-state index is 0.315. The highest BCUT2D eigenvalue weighted by molar-refractivity contribution is 5.26. The first kappa shape index (κ1) is 8.76. The highest BCUT2D eigenvalue weighted by atomic mass is 19.4. The molecule has 0 aliphatic carbocycles. The molecule has 12 heavy (non-hydrogen) atoms. The molecule has 0 saturated heterocycles. The number of aromatic hydroxyl groups is 1. The van der Waals surface area contributed by atoms with Crippen LogP contribution in [-0.2, 0) is 6.18 Å². The number of rotatable bonds is 0. The van der Waals surface area contributed by atoms with Crippen LogP contribution in [0.2, 0.25) is 0 Å². The zero-order valence-electron chi connectivity index (χ0n) is 5.56. The van der Waals surface area contributed by atoms with E-state index in [4.69, 9.17) is 5.11 Å². The van der Waals surface area contributed by atoms with Crippen LogP contribution in [0.3, 0.4) is 0 Å². The van der Waals surface area contributed by atoms with E-state index in [1.807, 2.05) is 0 Å². The Morgan fingerprint density at radius 1 is 1.25 bits per heavy atom. The van der Waals surface area contributed by atoms with Crippen molar-refractivity contribution in [2.45, 2.75) is 6.18 Å². The maximum atomic E-state index is 12.5. The summed E-state index contributed by atoms with van der Waals surface area (Å²) in [6, 6.07) is 0. The summed E-state index contributed by atoms with van der Waals surface area (Å²) >= 11 is 0. The van der Waals surface area contributed by atoms with Gasteiger partial charge >= 0.3 is 6.18 Å². The first-order valence-corrected chi connectivity index (χ1v) is 2.82. The molecule has 1 N–H and O–H groups in total. The van der Waals surface area contributed by atoms with Gasteiger partial charge in [-0.25, -0.2) is 4.39 Å². The van der Waals surface area contributed by atoms with Gasteiger partial charge < -0.3 is 5.11 Å². The molecule has 0 unspecified atom stereocenters. The van der Waals surface area contributed by atoms with Gasteiger partial charge in [0.1, 0.15) is 5.56 Å². The van der Waals surface area contributed by atoms with Crippen molar-refractivity contribution in [1.82, 2.24) is 4.98 Å². The first-order chi connectivity index (χ1) is 5.43. The van der Waals surface area contributed by atoms with Crippen LogP contribution in [-0.4, -0.2) is 10.1 Å². The Labute approximate surface area is 64.5 Å². The van der Waals surface area contributed by atoms with E-state index in [-0.39, 0.29) is 0 Å². The van der Waals surface area contributed by atoms with Crippen molar-refractivity contribution in [3.05, 3.63) is 23.8 Å². The molecular formula is C6H3F4NO. The summed E-state index contributed by atoms with van der Waals surface area (Å²) < 4.78 is 48.0. The summed E-state index contributed by atoms with van der Waals surface area (Å²) in [5.41, 5.74) is -1.57. The molecule has 2 nitrogen and oxygen atoms in total. The highest BCUT2D eigenvalue weighted by Crippen LogP contribution is 2.33. The molecule has 0 radical (unpaired) electrons. The van der Waals surface area contributed by atoms with E-state index >= 15 is 0 Å². The average Bonchev–Trinajstić information content (AvgIpc) is 1.92. The lowest BCUT2D eigenvalue weighted by Crippen LogP contribution is -2.08. The van der Waals surface area contributed by atoms with Crippen molar-refractivity contribution >= 4 is 0 Å². The van der Waals surface area contributed by atoms with Crippen molar-refractivity contribution in [2.24, 2.45) is 0 Å². The fraction of sp³-hybridized carbons (Fsp3) is 0.167. The maximum absolute atomic E-state index is 12.5. The van der Waals surface area contributed by atoms with Crippen LogP contribution >= 0.6 is 0 Å². The van der Waals surface area contributed by atoms with E-state index in [1.54, 1.807) is 0 Å². The molecule has 1 aromatic heterocycles. The Morgan fingerprint density at radius 2 is 1.83 bits per heavy atom. The molecule has 0 bridgehead atoms. The lowest BCUT2D eigenvalue weighted by atomic mass is 10.2. The average molecular weight is 181 g/mol. The minimum Gasteiger partial charge on any atom is -0.504 e. The van der Waals surface area contributed by atoms with Gasteiger partial charge in [0.25, 0.3) is 0 Å². The SMILES string of the molecule is Oc1cncc(C(F)(F)F)c1F. The molecule has 1 heterocycles. The number of hydrogen-bond acceptors (Lipinski definition) is 2. The van der Waals surface area contributed by atoms with E-state index in [2.05, 4.69) is 4.98 Å². The van der Waals surface area contributed by atoms with Gasteiger partial charge in [0.2, 0.25) is 0 Å². The summed E-state index contributed by atoms with van der Waals surface area (Å²) in [6.07, 6.45) is -3.91. The Bertz CT molecular complexity index is 296. The monoisotopic (exact) mass is 181 g/mol. The smallest absolute Gasteiger partial charge is 0.420 e. The third-order valence-corrected chi connectivity index (χ3v) is 1.17. The molecule has 66 valence electrons. The van der Waals surface area contributed by atoms with Gasteiger partial charge in [-0.2, -0.15) is 13.2 Å². The van der Waals surface area contributed by atoms with Crippen LogP contribution in [0.4, 0.5) is 17.6 Å². The number of nitrogens with zero attached hydrogens (tertiary/aromatic N) is 1. The quantitative estimate of drug-likeness (QED) is 0.620. The number of hydrogen-bond donors (Lipinski definition) is 1. The largest absolute Gasteiger partial charge is 0.504 e. The molecule has 0 amide bonds. The lowest BCUT2D eigenvalue weighted by Gasteiger charge is -2.06. The normalized spacial score (nSPS) is 11.7. The number of pyridine rings is 1. The van der Waals surface area contributed by atoms with Crippen LogP contribution in [0.5, 0.6) is 5.75 Å². The summed E-state index contributed by atoms with van der Waals surface area (Å²) in [7, 11) is 0. The predicted molar refractivity (Wildman–Crippen MR) is 30.9 cm³/mol. The van der Waals surface area contributed by atoms with Gasteiger partial charge in [-0.15, -0.1) is 0 Å². The Balaban J connectivity index is 3.26. The van der Waals surface area contributed by atoms with Crippen LogP contribution in [0, 0.1) is 5.82 Å². The van der Waals surface area contributed by atoms with Crippen molar-refractivity contribution in [3.63, 3.8) is 0 Å². The van der Waals surface area contributed by atoms with Gasteiger partial charge in [-0.1, -0.05) is 0 Å². The van der Waals surface area contributed by atoms with E-state index in [0.717, 1.165) is 0 Å². The standard InChI is InChI=1S/C6H3F4NO/c7-5-3(6(8,9)10)1-11-2-4(5)12/h1-2,12H. The zero-order chi connectivity index (χ0) is 9.35. The molecule has 1 aromatic rings. The second kappa shape index (κ2) is 2.62. The summed E-state index contributed by atoms with van der Waals surface area (Å²) in [6.45, 7) is 0. The highest BCUT2D eigenvalue weighted by Gasteiger charge is 2.35. The van der Waals surface area contributed by atoms with Crippen molar-refractivity contribution in [3.8, 4) is 5.75 Å². The molecule has 1 rings (SSSR count). The van der Waals surface area contributed by atoms with E-state index in [9.17, 15) is 17.6 Å². The molecule has 0 aromatic carbocycles. The minimum atomic E-state index is -4.82. The number of halogens is 4. The molecular weight excluding hydrogens is 178 g/mol. The maximum Gasteiger partial charge on any atom is 0.420 e. The Morgan fingerprint density at radius 3 is 2.25 bits per heavy atom. The first-order valence-electron chi connectivity index (χ1n) is 2.82. The van der Waals surface area contributed by atoms with Gasteiger partial charge in [-0.3, -0.25) is 4.98 Å². The van der Waals surface area contributed by atoms with Crippen LogP contribution in [0.15, 0.2) is 12.4 Å². The molecule has 0 saturated carbocycles. The van der Waals surface area contributed by atoms with E-state index in [1.165, 1.54) is 0 Å². The van der Waals surface area contributed by atoms with Gasteiger partial charge in [-0.05, 0) is 0 Å². The van der Waals surface area contributed by atoms with Crippen LogP contribution in [0.25, 0.3) is 0 Å². The van der Waals surface area contributed by atoms with E-state index < -0.39 is 23.3 Å². The van der Waals surface area contributed by atoms with Gasteiger partial charge in [0.05, 0.1) is 6.20 Å². The fourth-order valence-electron chi connectivity index (χ4n) is 0.631. The van der Waals surface area contributed by atoms with E-state index in [0.29, 0.717) is 12.4 Å². The fourth-order valence-corrected chi connectivity index (χ4v) is 0.631. The Hall–Kier alpha value is -1.33. The summed E-state index contributed by atoms with van der Waals surface area (Å²) in [5.74, 6) is -2.80. The Kier molecular flexibility index (Phi) is 1.91. The number of aromatic nitrogens is 1. The van der Waals surface area contributed by atoms with Gasteiger partial charge in [0, 0.05) is 6.20 Å². The zero-order valence-corrected chi connectivity index (χ0v) is 5.56. The van der Waals surface area contributed by atoms with Gasteiger partial charge in [0.15, 0.2) is 11.6 Å². The summed E-state index contributed by atoms with van der Waals surface area (Å²) in [5, 5.41) is 8.53. The second-order valence-corrected chi connectivity index (χ2v) is 2.02. The molecule has 0 aliphatic rings. The lowest BCUT2D eigenvalue weighted by molar-refractivity contribution is -0.140. The molecule has 0 spiro atoms. The van der Waals surface area contributed by atoms with Crippen molar-refractivity contribution < 1.29 is 22.7 Å². The number of alkyl halides is 3. The van der Waals surface area contributed by atoms with Crippen molar-refractivity contribution in [1.29, 1.82) is 0 Å². The third kappa shape index (κ3) is 1.46. The van der Waals surface area contributed by atoms with Crippen molar-refractivity contribution in [2.75, 3.05) is 0 Å². The summed E-state index contributed by atoms with van der Waals surface area (Å²) in [4.78, 5) is 3.00. The second-order valence-electron chi connectivity index (χ2n) is 2.02.